The Hall–Kier alpha value is -1.82. The Bertz CT molecular complexity index is 706. The topological polar surface area (TPSA) is 55.6 Å². The van der Waals surface area contributed by atoms with Crippen LogP contribution >= 0.6 is 15.9 Å². The van der Waals surface area contributed by atoms with Crippen LogP contribution in [0.2, 0.25) is 0 Å². The van der Waals surface area contributed by atoms with Crippen molar-refractivity contribution in [1.29, 1.82) is 0 Å². The summed E-state index contributed by atoms with van der Waals surface area (Å²) < 4.78 is 12.2. The Morgan fingerprint density at radius 2 is 2.13 bits per heavy atom. The molecule has 3 heterocycles. The lowest BCUT2D eigenvalue weighted by atomic mass is 10.1. The standard InChI is InChI=1S/C17H19BrN2O3/c1-11-10-14(12(2)22-11)17(21)20-8-5-13(6-9-20)23-16-15(18)4-3-7-19-16/h3-4,7,10,13H,5-6,8-9H2,1-2H3. The van der Waals surface area contributed by atoms with Gasteiger partial charge in [0.15, 0.2) is 0 Å². The molecule has 2 aromatic rings. The molecule has 1 aliphatic heterocycles. The van der Waals surface area contributed by atoms with Gasteiger partial charge in [0.25, 0.3) is 5.91 Å². The van der Waals surface area contributed by atoms with E-state index in [1.54, 1.807) is 6.20 Å². The molecule has 2 aromatic heterocycles. The second-order valence-corrected chi connectivity index (χ2v) is 6.58. The highest BCUT2D eigenvalue weighted by Gasteiger charge is 2.27. The molecule has 0 radical (unpaired) electrons. The first-order chi connectivity index (χ1) is 11.0. The molecule has 23 heavy (non-hydrogen) atoms. The number of pyridine rings is 1. The van der Waals surface area contributed by atoms with Crippen LogP contribution in [-0.4, -0.2) is 35.0 Å². The van der Waals surface area contributed by atoms with E-state index in [1.165, 1.54) is 0 Å². The molecular formula is C17H19BrN2O3. The van der Waals surface area contributed by atoms with Crippen LogP contribution in [0.5, 0.6) is 5.88 Å². The minimum absolute atomic E-state index is 0.0387. The summed E-state index contributed by atoms with van der Waals surface area (Å²) >= 11 is 3.44. The van der Waals surface area contributed by atoms with Gasteiger partial charge in [-0.25, -0.2) is 4.98 Å². The number of likely N-dealkylation sites (tertiary alicyclic amines) is 1. The van der Waals surface area contributed by atoms with Gasteiger partial charge in [-0.05, 0) is 48.0 Å². The molecule has 1 saturated heterocycles. The van der Waals surface area contributed by atoms with E-state index in [2.05, 4.69) is 20.9 Å². The second kappa shape index (κ2) is 6.74. The molecule has 6 heteroatoms. The first-order valence-corrected chi connectivity index (χ1v) is 8.47. The molecule has 1 aliphatic rings. The number of rotatable bonds is 3. The Morgan fingerprint density at radius 3 is 2.74 bits per heavy atom. The van der Waals surface area contributed by atoms with Crippen molar-refractivity contribution in [2.24, 2.45) is 0 Å². The van der Waals surface area contributed by atoms with E-state index in [9.17, 15) is 4.79 Å². The Labute approximate surface area is 143 Å². The van der Waals surface area contributed by atoms with Gasteiger partial charge in [-0.15, -0.1) is 0 Å². The van der Waals surface area contributed by atoms with Gasteiger partial charge in [-0.1, -0.05) is 0 Å². The zero-order valence-corrected chi connectivity index (χ0v) is 14.8. The lowest BCUT2D eigenvalue weighted by molar-refractivity contribution is 0.0585. The maximum atomic E-state index is 12.6. The number of carbonyl (C=O) groups is 1. The minimum Gasteiger partial charge on any atom is -0.473 e. The molecule has 5 nitrogen and oxygen atoms in total. The summed E-state index contributed by atoms with van der Waals surface area (Å²) in [5.41, 5.74) is 0.661. The maximum Gasteiger partial charge on any atom is 0.257 e. The number of ether oxygens (including phenoxy) is 1. The van der Waals surface area contributed by atoms with E-state index in [0.717, 1.165) is 23.1 Å². The maximum absolute atomic E-state index is 12.6. The molecule has 0 atom stereocenters. The highest BCUT2D eigenvalue weighted by Crippen LogP contribution is 2.25. The van der Waals surface area contributed by atoms with Gasteiger partial charge in [0.05, 0.1) is 10.0 Å². The molecule has 0 saturated carbocycles. The Kier molecular flexibility index (Phi) is 4.71. The van der Waals surface area contributed by atoms with E-state index in [1.807, 2.05) is 36.9 Å². The number of hydrogen-bond acceptors (Lipinski definition) is 4. The molecule has 3 rings (SSSR count). The van der Waals surface area contributed by atoms with E-state index in [-0.39, 0.29) is 12.0 Å². The summed E-state index contributed by atoms with van der Waals surface area (Å²) in [6.07, 6.45) is 3.38. The number of amides is 1. The largest absolute Gasteiger partial charge is 0.473 e. The molecule has 1 amide bonds. The summed E-state index contributed by atoms with van der Waals surface area (Å²) in [5, 5.41) is 0. The summed E-state index contributed by atoms with van der Waals surface area (Å²) in [6.45, 7) is 5.04. The van der Waals surface area contributed by atoms with Crippen LogP contribution in [0, 0.1) is 13.8 Å². The fraction of sp³-hybridized carbons (Fsp3) is 0.412. The fourth-order valence-electron chi connectivity index (χ4n) is 2.81. The van der Waals surface area contributed by atoms with E-state index >= 15 is 0 Å². The lowest BCUT2D eigenvalue weighted by Gasteiger charge is -2.32. The van der Waals surface area contributed by atoms with Crippen molar-refractivity contribution in [3.05, 3.63) is 46.0 Å². The predicted octanol–water partition coefficient (Wildman–Crippen LogP) is 3.74. The molecule has 0 N–H and O–H groups in total. The van der Waals surface area contributed by atoms with Crippen molar-refractivity contribution in [2.75, 3.05) is 13.1 Å². The molecule has 122 valence electrons. The smallest absolute Gasteiger partial charge is 0.257 e. The van der Waals surface area contributed by atoms with E-state index in [4.69, 9.17) is 9.15 Å². The van der Waals surface area contributed by atoms with Gasteiger partial charge >= 0.3 is 0 Å². The Morgan fingerprint density at radius 1 is 1.39 bits per heavy atom. The number of nitrogens with zero attached hydrogens (tertiary/aromatic N) is 2. The molecule has 0 bridgehead atoms. The number of piperidine rings is 1. The van der Waals surface area contributed by atoms with Crippen molar-refractivity contribution in [1.82, 2.24) is 9.88 Å². The van der Waals surface area contributed by atoms with Crippen LogP contribution in [-0.2, 0) is 0 Å². The van der Waals surface area contributed by atoms with E-state index < -0.39 is 0 Å². The number of aromatic nitrogens is 1. The quantitative estimate of drug-likeness (QED) is 0.816. The van der Waals surface area contributed by atoms with Crippen molar-refractivity contribution in [2.45, 2.75) is 32.8 Å². The van der Waals surface area contributed by atoms with E-state index in [0.29, 0.717) is 30.3 Å². The zero-order chi connectivity index (χ0) is 16.4. The molecular weight excluding hydrogens is 360 g/mol. The van der Waals surface area contributed by atoms with Gasteiger partial charge < -0.3 is 14.1 Å². The first kappa shape index (κ1) is 16.1. The average molecular weight is 379 g/mol. The average Bonchev–Trinajstić information content (AvgIpc) is 2.88. The summed E-state index contributed by atoms with van der Waals surface area (Å²) in [5.74, 6) is 2.10. The van der Waals surface area contributed by atoms with Crippen LogP contribution in [0.3, 0.4) is 0 Å². The SMILES string of the molecule is Cc1cc(C(=O)N2CCC(Oc3ncccc3Br)CC2)c(C)o1. The Balaban J connectivity index is 1.59. The van der Waals surface area contributed by atoms with Crippen LogP contribution in [0.1, 0.15) is 34.7 Å². The summed E-state index contributed by atoms with van der Waals surface area (Å²) in [4.78, 5) is 18.7. The number of carbonyl (C=O) groups excluding carboxylic acids is 1. The van der Waals surface area contributed by atoms with Gasteiger partial charge in [0.2, 0.25) is 5.88 Å². The number of furan rings is 1. The second-order valence-electron chi connectivity index (χ2n) is 5.73. The highest BCUT2D eigenvalue weighted by molar-refractivity contribution is 9.10. The third kappa shape index (κ3) is 3.58. The van der Waals surface area contributed by atoms with Crippen molar-refractivity contribution in [3.63, 3.8) is 0 Å². The predicted molar refractivity (Wildman–Crippen MR) is 89.7 cm³/mol. The van der Waals surface area contributed by atoms with Gasteiger partial charge in [-0.2, -0.15) is 0 Å². The lowest BCUT2D eigenvalue weighted by Crippen LogP contribution is -2.42. The van der Waals surface area contributed by atoms with Gasteiger partial charge in [0.1, 0.15) is 17.6 Å². The fourth-order valence-corrected chi connectivity index (χ4v) is 3.15. The van der Waals surface area contributed by atoms with Crippen LogP contribution in [0.25, 0.3) is 0 Å². The van der Waals surface area contributed by atoms with Gasteiger partial charge in [-0.3, -0.25) is 4.79 Å². The molecule has 0 unspecified atom stereocenters. The molecule has 0 aliphatic carbocycles. The van der Waals surface area contributed by atoms with Crippen molar-refractivity contribution in [3.8, 4) is 5.88 Å². The zero-order valence-electron chi connectivity index (χ0n) is 13.2. The summed E-state index contributed by atoms with van der Waals surface area (Å²) in [7, 11) is 0. The summed E-state index contributed by atoms with van der Waals surface area (Å²) in [6, 6.07) is 5.57. The number of halogens is 1. The number of aryl methyl sites for hydroxylation is 2. The van der Waals surface area contributed by atoms with Crippen LogP contribution < -0.4 is 4.74 Å². The van der Waals surface area contributed by atoms with Crippen molar-refractivity contribution < 1.29 is 13.9 Å². The van der Waals surface area contributed by atoms with Crippen LogP contribution in [0.4, 0.5) is 0 Å². The van der Waals surface area contributed by atoms with Crippen LogP contribution in [0.15, 0.2) is 33.3 Å². The monoisotopic (exact) mass is 378 g/mol. The van der Waals surface area contributed by atoms with Crippen molar-refractivity contribution >= 4 is 21.8 Å². The number of hydrogen-bond donors (Lipinski definition) is 0. The molecule has 1 fully saturated rings. The van der Waals surface area contributed by atoms with Gasteiger partial charge in [0, 0.05) is 32.1 Å². The minimum atomic E-state index is 0.0387. The third-order valence-electron chi connectivity index (χ3n) is 4.00. The third-order valence-corrected chi connectivity index (χ3v) is 4.61. The molecule has 0 aromatic carbocycles. The normalized spacial score (nSPS) is 15.7. The highest BCUT2D eigenvalue weighted by atomic mass is 79.9. The molecule has 0 spiro atoms. The first-order valence-electron chi connectivity index (χ1n) is 7.68.